The summed E-state index contributed by atoms with van der Waals surface area (Å²) in [5.41, 5.74) is 2.11. The molecule has 2 aliphatic heterocycles. The Morgan fingerprint density at radius 1 is 1.12 bits per heavy atom. The lowest BCUT2D eigenvalue weighted by Crippen LogP contribution is -2.50. The molecule has 2 aromatic rings. The number of carbonyl (C=O) groups excluding carboxylic acids is 2. The van der Waals surface area contributed by atoms with Crippen LogP contribution in [0.2, 0.25) is 0 Å². The number of hydrogen-bond donors (Lipinski definition) is 2. The third-order valence-corrected chi connectivity index (χ3v) is 6.63. The third kappa shape index (κ3) is 4.42. The number of nitrogens with zero attached hydrogens (tertiary/aromatic N) is 2. The second-order valence-corrected chi connectivity index (χ2v) is 8.73. The molecule has 3 atom stereocenters. The van der Waals surface area contributed by atoms with E-state index in [-0.39, 0.29) is 17.9 Å². The Labute approximate surface area is 189 Å². The normalized spacial score (nSPS) is 21.8. The van der Waals surface area contributed by atoms with Gasteiger partial charge >= 0.3 is 0 Å². The molecule has 2 amide bonds. The summed E-state index contributed by atoms with van der Waals surface area (Å²) in [6.45, 7) is 4.61. The Morgan fingerprint density at radius 3 is 2.50 bits per heavy atom. The number of fused-ring (bicyclic) bond motifs is 2. The monoisotopic (exact) mass is 436 g/mol. The second kappa shape index (κ2) is 9.59. The van der Waals surface area contributed by atoms with E-state index in [0.717, 1.165) is 49.2 Å². The molecule has 2 fully saturated rings. The first-order valence-electron chi connectivity index (χ1n) is 11.5. The van der Waals surface area contributed by atoms with Gasteiger partial charge < -0.3 is 20.3 Å². The van der Waals surface area contributed by atoms with E-state index in [9.17, 15) is 9.59 Å². The van der Waals surface area contributed by atoms with Crippen LogP contribution in [0, 0.1) is 6.92 Å². The molecule has 0 saturated carbocycles. The molecule has 0 radical (unpaired) electrons. The van der Waals surface area contributed by atoms with Gasteiger partial charge in [-0.3, -0.25) is 9.59 Å². The molecule has 2 aliphatic rings. The van der Waals surface area contributed by atoms with E-state index in [1.165, 1.54) is 0 Å². The first-order valence-corrected chi connectivity index (χ1v) is 11.5. The molecule has 1 aromatic carbocycles. The van der Waals surface area contributed by atoms with Gasteiger partial charge in [-0.25, -0.2) is 4.98 Å². The van der Waals surface area contributed by atoms with Crippen molar-refractivity contribution in [2.24, 2.45) is 0 Å². The first-order chi connectivity index (χ1) is 15.5. The van der Waals surface area contributed by atoms with Crippen molar-refractivity contribution in [3.63, 3.8) is 0 Å². The number of anilines is 1. The topological polar surface area (TPSA) is 83.6 Å². The van der Waals surface area contributed by atoms with Crippen molar-refractivity contribution in [2.45, 2.75) is 64.1 Å². The highest BCUT2D eigenvalue weighted by molar-refractivity contribution is 5.96. The zero-order valence-electron chi connectivity index (χ0n) is 19.1. The fourth-order valence-corrected chi connectivity index (χ4v) is 5.03. The number of aromatic nitrogens is 1. The highest BCUT2D eigenvalue weighted by atomic mass is 16.5. The summed E-state index contributed by atoms with van der Waals surface area (Å²) in [6.07, 6.45) is 6.55. The van der Waals surface area contributed by atoms with Gasteiger partial charge in [0.15, 0.2) is 0 Å². The van der Waals surface area contributed by atoms with Crippen LogP contribution >= 0.6 is 0 Å². The van der Waals surface area contributed by atoms with Crippen LogP contribution in [0.5, 0.6) is 5.75 Å². The van der Waals surface area contributed by atoms with Crippen molar-refractivity contribution < 1.29 is 14.3 Å². The number of ether oxygens (including phenoxy) is 1. The van der Waals surface area contributed by atoms with Gasteiger partial charge in [0, 0.05) is 42.0 Å². The third-order valence-electron chi connectivity index (χ3n) is 6.63. The molecule has 0 unspecified atom stereocenters. The maximum atomic E-state index is 12.9. The minimum atomic E-state index is -0.0804. The van der Waals surface area contributed by atoms with E-state index in [4.69, 9.17) is 4.74 Å². The average Bonchev–Trinajstić information content (AvgIpc) is 3.07. The molecule has 2 saturated heterocycles. The van der Waals surface area contributed by atoms with Gasteiger partial charge in [0.1, 0.15) is 11.6 Å². The quantitative estimate of drug-likeness (QED) is 0.694. The largest absolute Gasteiger partial charge is 0.496 e. The van der Waals surface area contributed by atoms with E-state index >= 15 is 0 Å². The maximum absolute atomic E-state index is 12.9. The molecular weight excluding hydrogens is 404 g/mol. The van der Waals surface area contributed by atoms with Crippen molar-refractivity contribution in [1.82, 2.24) is 15.6 Å². The van der Waals surface area contributed by atoms with Crippen molar-refractivity contribution in [2.75, 3.05) is 18.6 Å². The molecular formula is C25H32N4O3. The zero-order chi connectivity index (χ0) is 22.7. The summed E-state index contributed by atoms with van der Waals surface area (Å²) in [5, 5.41) is 6.13. The zero-order valence-corrected chi connectivity index (χ0v) is 19.1. The van der Waals surface area contributed by atoms with E-state index in [1.807, 2.05) is 44.2 Å². The Kier molecular flexibility index (Phi) is 6.63. The van der Waals surface area contributed by atoms with E-state index in [2.05, 4.69) is 20.5 Å². The van der Waals surface area contributed by atoms with Crippen LogP contribution in [0.15, 0.2) is 36.5 Å². The fraction of sp³-hybridized carbons (Fsp3) is 0.480. The van der Waals surface area contributed by atoms with Crippen molar-refractivity contribution >= 4 is 17.6 Å². The van der Waals surface area contributed by atoms with Crippen LogP contribution in [0.25, 0.3) is 0 Å². The lowest BCUT2D eigenvalue weighted by molar-refractivity contribution is 0.0924. The Morgan fingerprint density at radius 2 is 1.88 bits per heavy atom. The lowest BCUT2D eigenvalue weighted by Gasteiger charge is -2.40. The Bertz CT molecular complexity index is 962. The minimum Gasteiger partial charge on any atom is -0.496 e. The molecule has 170 valence electrons. The number of piperidine rings is 1. The van der Waals surface area contributed by atoms with E-state index in [1.54, 1.807) is 13.3 Å². The SMILES string of the molecule is CCCNC(=O)c1ccc(N2[C@@H]3CC[C@H]2C[C@@H](NC(=O)c2cccc(OC)c2C)C3)nc1. The smallest absolute Gasteiger partial charge is 0.252 e. The number of amides is 2. The molecule has 0 aliphatic carbocycles. The van der Waals surface area contributed by atoms with Gasteiger partial charge in [0.05, 0.1) is 12.7 Å². The van der Waals surface area contributed by atoms with Gasteiger partial charge in [0.25, 0.3) is 11.8 Å². The van der Waals surface area contributed by atoms with Crippen LogP contribution in [0.4, 0.5) is 5.82 Å². The van der Waals surface area contributed by atoms with Crippen molar-refractivity contribution in [1.29, 1.82) is 0 Å². The summed E-state index contributed by atoms with van der Waals surface area (Å²) >= 11 is 0. The van der Waals surface area contributed by atoms with Gasteiger partial charge in [-0.1, -0.05) is 13.0 Å². The van der Waals surface area contributed by atoms with E-state index in [0.29, 0.717) is 29.8 Å². The van der Waals surface area contributed by atoms with Gasteiger partial charge in [-0.05, 0) is 63.3 Å². The van der Waals surface area contributed by atoms with Crippen molar-refractivity contribution in [3.8, 4) is 5.75 Å². The molecule has 3 heterocycles. The molecule has 4 rings (SSSR count). The molecule has 7 nitrogen and oxygen atoms in total. The summed E-state index contributed by atoms with van der Waals surface area (Å²) in [7, 11) is 1.62. The number of benzene rings is 1. The van der Waals surface area contributed by atoms with Crippen LogP contribution in [-0.2, 0) is 0 Å². The molecule has 0 spiro atoms. The minimum absolute atomic E-state index is 0.0418. The summed E-state index contributed by atoms with van der Waals surface area (Å²) in [6, 6.07) is 10.2. The van der Waals surface area contributed by atoms with Gasteiger partial charge in [0.2, 0.25) is 0 Å². The fourth-order valence-electron chi connectivity index (χ4n) is 5.03. The number of carbonyl (C=O) groups is 2. The summed E-state index contributed by atoms with van der Waals surface area (Å²) < 4.78 is 5.36. The van der Waals surface area contributed by atoms with Crippen molar-refractivity contribution in [3.05, 3.63) is 53.2 Å². The molecule has 7 heteroatoms. The second-order valence-electron chi connectivity index (χ2n) is 8.73. The summed E-state index contributed by atoms with van der Waals surface area (Å²) in [5.74, 6) is 1.52. The number of nitrogens with one attached hydrogen (secondary N) is 2. The molecule has 2 bridgehead atoms. The van der Waals surface area contributed by atoms with E-state index < -0.39 is 0 Å². The Balaban J connectivity index is 1.41. The highest BCUT2D eigenvalue weighted by Crippen LogP contribution is 2.38. The number of methoxy groups -OCH3 is 1. The Hall–Kier alpha value is -3.09. The van der Waals surface area contributed by atoms with Crippen LogP contribution in [0.3, 0.4) is 0 Å². The van der Waals surface area contributed by atoms with Gasteiger partial charge in [-0.15, -0.1) is 0 Å². The van der Waals surface area contributed by atoms with Crippen LogP contribution < -0.4 is 20.3 Å². The standard InChI is InChI=1S/C25H32N4O3/c1-4-12-26-24(30)17-8-11-23(27-15-17)29-19-9-10-20(29)14-18(13-19)28-25(31)21-6-5-7-22(32-3)16(21)2/h5-8,11,15,18-20H,4,9-10,12-14H2,1-3H3,(H,26,30)(H,28,31)/t18-,19+,20-. The molecule has 1 aromatic heterocycles. The predicted octanol–water partition coefficient (Wildman–Crippen LogP) is 3.47. The summed E-state index contributed by atoms with van der Waals surface area (Å²) in [4.78, 5) is 32.1. The number of pyridine rings is 1. The average molecular weight is 437 g/mol. The van der Waals surface area contributed by atoms with Crippen LogP contribution in [-0.4, -0.2) is 48.6 Å². The predicted molar refractivity (Wildman–Crippen MR) is 124 cm³/mol. The lowest BCUT2D eigenvalue weighted by atomic mass is 9.96. The maximum Gasteiger partial charge on any atom is 0.252 e. The number of rotatable bonds is 7. The molecule has 32 heavy (non-hydrogen) atoms. The molecule has 2 N–H and O–H groups in total. The van der Waals surface area contributed by atoms with Gasteiger partial charge in [-0.2, -0.15) is 0 Å². The first kappa shape index (κ1) is 22.1. The van der Waals surface area contributed by atoms with Crippen LogP contribution in [0.1, 0.15) is 65.3 Å². The highest BCUT2D eigenvalue weighted by Gasteiger charge is 2.41. The number of hydrogen-bond acceptors (Lipinski definition) is 5.